The maximum atomic E-state index is 5.74. The summed E-state index contributed by atoms with van der Waals surface area (Å²) in [5.41, 5.74) is 8.91. The van der Waals surface area contributed by atoms with E-state index in [9.17, 15) is 0 Å². The molecule has 0 atom stereocenters. The van der Waals surface area contributed by atoms with Crippen LogP contribution in [0.1, 0.15) is 34.6 Å². The molecule has 0 radical (unpaired) electrons. The summed E-state index contributed by atoms with van der Waals surface area (Å²) in [4.78, 5) is 9.67. The van der Waals surface area contributed by atoms with Gasteiger partial charge in [-0.15, -0.1) is 4.57 Å². The predicted octanol–water partition coefficient (Wildman–Crippen LogP) is 8.18. The minimum atomic E-state index is 0.239. The Morgan fingerprint density at radius 3 is 1.95 bits per heavy atom. The SMILES string of the molecule is CCN(CC)c1ccc2nc3ccc(N=Nc4ccc(N(CC)CCOC(C)C)cc4)cc3[n+](-c3ccccc3)c2c1. The second kappa shape index (κ2) is 13.5. The molecule has 5 aromatic rings. The summed E-state index contributed by atoms with van der Waals surface area (Å²) in [6.07, 6.45) is 0.239. The molecule has 5 rings (SSSR count). The second-order valence-corrected chi connectivity index (χ2v) is 10.5. The van der Waals surface area contributed by atoms with Gasteiger partial charge in [0.05, 0.1) is 24.1 Å². The van der Waals surface area contributed by atoms with Gasteiger partial charge in [-0.1, -0.05) is 18.2 Å². The first-order chi connectivity index (χ1) is 20.5. The van der Waals surface area contributed by atoms with Crippen molar-refractivity contribution in [2.45, 2.75) is 40.7 Å². The Kier molecular flexibility index (Phi) is 9.39. The standard InChI is InChI=1S/C35H41N6O/c1-6-39(7-2)31-19-21-33-35(25-31)41(30-12-10-9-11-13-30)34-24-28(16-20-32(34)36-33)38-37-27-14-17-29(18-15-27)40(8-3)22-23-42-26(4)5/h9-21,24-26H,6-8,22-23H2,1-5H3/q+1. The molecular weight excluding hydrogens is 520 g/mol. The summed E-state index contributed by atoms with van der Waals surface area (Å²) < 4.78 is 8.02. The molecular formula is C35H41N6O+. The first-order valence-electron chi connectivity index (χ1n) is 15.0. The Hall–Kier alpha value is -4.36. The van der Waals surface area contributed by atoms with Gasteiger partial charge in [0.1, 0.15) is 11.0 Å². The number of rotatable bonds is 12. The second-order valence-electron chi connectivity index (χ2n) is 10.5. The normalized spacial score (nSPS) is 11.7. The van der Waals surface area contributed by atoms with Crippen molar-refractivity contribution in [3.8, 4) is 5.69 Å². The molecule has 4 aromatic carbocycles. The highest BCUT2D eigenvalue weighted by Crippen LogP contribution is 2.27. The molecule has 0 bridgehead atoms. The van der Waals surface area contributed by atoms with Gasteiger partial charge in [0.25, 0.3) is 0 Å². The van der Waals surface area contributed by atoms with Gasteiger partial charge in [-0.3, -0.25) is 0 Å². The maximum Gasteiger partial charge on any atom is 0.239 e. The number of aromatic nitrogens is 2. The van der Waals surface area contributed by atoms with E-state index in [2.05, 4.69) is 120 Å². The van der Waals surface area contributed by atoms with Gasteiger partial charge >= 0.3 is 0 Å². The smallest absolute Gasteiger partial charge is 0.239 e. The Bertz CT molecular complexity index is 1650. The van der Waals surface area contributed by atoms with E-state index in [1.54, 1.807) is 0 Å². The third-order valence-electron chi connectivity index (χ3n) is 7.47. The van der Waals surface area contributed by atoms with Crippen molar-refractivity contribution in [1.82, 2.24) is 4.98 Å². The Morgan fingerprint density at radius 2 is 1.29 bits per heavy atom. The number of anilines is 2. The molecule has 1 aromatic heterocycles. The van der Waals surface area contributed by atoms with Crippen LogP contribution in [0.5, 0.6) is 0 Å². The molecule has 0 aliphatic heterocycles. The molecule has 7 nitrogen and oxygen atoms in total. The van der Waals surface area contributed by atoms with Gasteiger partial charge in [0.15, 0.2) is 0 Å². The highest BCUT2D eigenvalue weighted by Gasteiger charge is 2.21. The van der Waals surface area contributed by atoms with Gasteiger partial charge in [0, 0.05) is 61.8 Å². The number of ether oxygens (including phenoxy) is 1. The maximum absolute atomic E-state index is 5.74. The summed E-state index contributed by atoms with van der Waals surface area (Å²) in [7, 11) is 0. The van der Waals surface area contributed by atoms with Crippen molar-refractivity contribution in [2.24, 2.45) is 10.2 Å². The van der Waals surface area contributed by atoms with Gasteiger partial charge in [-0.05, 0) is 83.1 Å². The van der Waals surface area contributed by atoms with Gasteiger partial charge in [-0.25, -0.2) is 4.98 Å². The van der Waals surface area contributed by atoms with E-state index in [4.69, 9.17) is 9.72 Å². The van der Waals surface area contributed by atoms with Crippen LogP contribution >= 0.6 is 0 Å². The number of para-hydroxylation sites is 1. The van der Waals surface area contributed by atoms with E-state index >= 15 is 0 Å². The van der Waals surface area contributed by atoms with E-state index < -0.39 is 0 Å². The van der Waals surface area contributed by atoms with E-state index in [-0.39, 0.29) is 6.10 Å². The summed E-state index contributed by atoms with van der Waals surface area (Å²) in [6.45, 7) is 15.0. The lowest BCUT2D eigenvalue weighted by Crippen LogP contribution is -2.33. The van der Waals surface area contributed by atoms with Crippen molar-refractivity contribution in [3.05, 3.63) is 91.0 Å². The number of likely N-dealkylation sites (N-methyl/N-ethyl adjacent to an activating group) is 1. The molecule has 0 saturated heterocycles. The molecule has 0 aliphatic rings. The van der Waals surface area contributed by atoms with Crippen molar-refractivity contribution in [2.75, 3.05) is 42.6 Å². The van der Waals surface area contributed by atoms with Gasteiger partial charge in [0.2, 0.25) is 16.7 Å². The van der Waals surface area contributed by atoms with Crippen LogP contribution in [0.15, 0.2) is 101 Å². The predicted molar refractivity (Wildman–Crippen MR) is 174 cm³/mol. The third kappa shape index (κ3) is 6.58. The lowest BCUT2D eigenvalue weighted by atomic mass is 10.1. The highest BCUT2D eigenvalue weighted by atomic mass is 16.5. The van der Waals surface area contributed by atoms with Crippen molar-refractivity contribution in [3.63, 3.8) is 0 Å². The fourth-order valence-electron chi connectivity index (χ4n) is 5.25. The average molecular weight is 562 g/mol. The molecule has 0 amide bonds. The number of hydrogen-bond donors (Lipinski definition) is 0. The van der Waals surface area contributed by atoms with Crippen LogP contribution in [-0.4, -0.2) is 43.9 Å². The van der Waals surface area contributed by atoms with E-state index in [0.29, 0.717) is 6.61 Å². The molecule has 0 fully saturated rings. The van der Waals surface area contributed by atoms with Crippen LogP contribution in [0.2, 0.25) is 0 Å². The van der Waals surface area contributed by atoms with Gasteiger partial charge in [-0.2, -0.15) is 10.2 Å². The Labute approximate surface area is 249 Å². The quantitative estimate of drug-likeness (QED) is 0.0876. The zero-order valence-electron chi connectivity index (χ0n) is 25.4. The summed E-state index contributed by atoms with van der Waals surface area (Å²) in [5.74, 6) is 0. The monoisotopic (exact) mass is 561 g/mol. The molecule has 0 saturated carbocycles. The average Bonchev–Trinajstić information content (AvgIpc) is 3.02. The number of azo groups is 1. The third-order valence-corrected chi connectivity index (χ3v) is 7.47. The van der Waals surface area contributed by atoms with E-state index in [0.717, 1.165) is 71.0 Å². The number of hydrogen-bond acceptors (Lipinski definition) is 6. The molecule has 1 heterocycles. The lowest BCUT2D eigenvalue weighted by molar-refractivity contribution is -0.538. The van der Waals surface area contributed by atoms with Crippen LogP contribution in [0, 0.1) is 0 Å². The fraction of sp³-hybridized carbons (Fsp3) is 0.314. The van der Waals surface area contributed by atoms with Crippen LogP contribution in [0.25, 0.3) is 27.8 Å². The molecule has 0 aliphatic carbocycles. The summed E-state index contributed by atoms with van der Waals surface area (Å²) >= 11 is 0. The summed E-state index contributed by atoms with van der Waals surface area (Å²) in [6, 6.07) is 31.3. The number of benzene rings is 4. The number of nitrogens with zero attached hydrogens (tertiary/aromatic N) is 6. The van der Waals surface area contributed by atoms with Crippen molar-refractivity contribution < 1.29 is 9.30 Å². The lowest BCUT2D eigenvalue weighted by Gasteiger charge is -2.23. The van der Waals surface area contributed by atoms with Crippen LogP contribution in [-0.2, 0) is 4.74 Å². The van der Waals surface area contributed by atoms with Crippen LogP contribution in [0.3, 0.4) is 0 Å². The van der Waals surface area contributed by atoms with Crippen LogP contribution < -0.4 is 14.4 Å². The minimum absolute atomic E-state index is 0.239. The van der Waals surface area contributed by atoms with Crippen molar-refractivity contribution >= 4 is 44.8 Å². The number of fused-ring (bicyclic) bond motifs is 2. The van der Waals surface area contributed by atoms with Crippen LogP contribution in [0.4, 0.5) is 22.7 Å². The minimum Gasteiger partial charge on any atom is -0.377 e. The molecule has 42 heavy (non-hydrogen) atoms. The molecule has 0 N–H and O–H groups in total. The summed E-state index contributed by atoms with van der Waals surface area (Å²) in [5, 5.41) is 9.18. The largest absolute Gasteiger partial charge is 0.377 e. The Morgan fingerprint density at radius 1 is 0.690 bits per heavy atom. The zero-order valence-corrected chi connectivity index (χ0v) is 25.4. The molecule has 7 heteroatoms. The highest BCUT2D eigenvalue weighted by molar-refractivity contribution is 5.85. The molecule has 216 valence electrons. The van der Waals surface area contributed by atoms with E-state index in [1.807, 2.05) is 30.3 Å². The molecule has 0 unspecified atom stereocenters. The first-order valence-corrected chi connectivity index (χ1v) is 15.0. The first kappa shape index (κ1) is 29.1. The van der Waals surface area contributed by atoms with Crippen molar-refractivity contribution in [1.29, 1.82) is 0 Å². The fourth-order valence-corrected chi connectivity index (χ4v) is 5.25. The van der Waals surface area contributed by atoms with Gasteiger partial charge < -0.3 is 14.5 Å². The Balaban J connectivity index is 1.49. The topological polar surface area (TPSA) is 57.2 Å². The molecule has 0 spiro atoms. The van der Waals surface area contributed by atoms with E-state index in [1.165, 1.54) is 5.69 Å². The zero-order chi connectivity index (χ0) is 29.5.